The smallest absolute Gasteiger partial charge is 0.434 e. The number of hydrogen-bond donors (Lipinski definition) is 2. The number of carboxylic acids is 1. The number of benzene rings is 1. The molecule has 1 aromatic rings. The maximum atomic E-state index is 12.4. The molecule has 3 N–H and O–H groups in total. The summed E-state index contributed by atoms with van der Waals surface area (Å²) in [5.74, 6) is -3.11. The van der Waals surface area contributed by atoms with Gasteiger partial charge in [0.2, 0.25) is 0 Å². The summed E-state index contributed by atoms with van der Waals surface area (Å²) in [6.45, 7) is 0. The van der Waals surface area contributed by atoms with Crippen LogP contribution in [0.1, 0.15) is 10.4 Å². The second kappa shape index (κ2) is 5.51. The zero-order valence-corrected chi connectivity index (χ0v) is 10.5. The summed E-state index contributed by atoms with van der Waals surface area (Å²) in [5, 5.41) is 7.99. The van der Waals surface area contributed by atoms with Crippen LogP contribution in [0.5, 0.6) is 5.75 Å². The third-order valence-electron chi connectivity index (χ3n) is 2.13. The molecule has 0 aliphatic rings. The van der Waals surface area contributed by atoms with E-state index in [4.69, 9.17) is 22.4 Å². The van der Waals surface area contributed by atoms with E-state index >= 15 is 0 Å². The van der Waals surface area contributed by atoms with Gasteiger partial charge in [0.1, 0.15) is 5.56 Å². The lowest BCUT2D eigenvalue weighted by atomic mass is 10.1. The lowest BCUT2D eigenvalue weighted by Crippen LogP contribution is -2.46. The Kier molecular flexibility index (Phi) is 4.51. The van der Waals surface area contributed by atoms with Crippen LogP contribution in [-0.4, -0.2) is 29.5 Å². The summed E-state index contributed by atoms with van der Waals surface area (Å²) in [6.07, 6.45) is -15.8. The van der Waals surface area contributed by atoms with Crippen LogP contribution in [0.2, 0.25) is 5.02 Å². The quantitative estimate of drug-likeness (QED) is 0.654. The summed E-state index contributed by atoms with van der Waals surface area (Å²) in [4.78, 5) is 10.9. The van der Waals surface area contributed by atoms with Gasteiger partial charge in [-0.05, 0) is 12.1 Å². The number of alkyl halides is 6. The van der Waals surface area contributed by atoms with Gasteiger partial charge in [0.15, 0.2) is 5.75 Å². The maximum absolute atomic E-state index is 12.4. The highest BCUT2D eigenvalue weighted by molar-refractivity contribution is 6.33. The molecule has 0 saturated heterocycles. The summed E-state index contributed by atoms with van der Waals surface area (Å²) >= 11 is 5.42. The molecule has 0 saturated carbocycles. The number of anilines is 1. The Bertz CT molecular complexity index is 543. The van der Waals surface area contributed by atoms with Gasteiger partial charge in [0.25, 0.3) is 6.10 Å². The molecule has 0 amide bonds. The third kappa shape index (κ3) is 4.06. The number of hydrogen-bond acceptors (Lipinski definition) is 3. The SMILES string of the molecule is Nc1cc(Cl)c(OC(C(F)(F)F)C(F)(F)F)c(C(=O)O)c1. The third-order valence-corrected chi connectivity index (χ3v) is 2.41. The molecule has 0 bridgehead atoms. The fraction of sp³-hybridized carbons (Fsp3) is 0.300. The first kappa shape index (κ1) is 17.2. The van der Waals surface area contributed by atoms with Crippen LogP contribution in [0.3, 0.4) is 0 Å². The van der Waals surface area contributed by atoms with Gasteiger partial charge in [-0.25, -0.2) is 4.79 Å². The molecule has 11 heteroatoms. The van der Waals surface area contributed by atoms with Crippen molar-refractivity contribution in [3.05, 3.63) is 22.7 Å². The second-order valence-electron chi connectivity index (χ2n) is 3.77. The average Bonchev–Trinajstić information content (AvgIpc) is 2.22. The van der Waals surface area contributed by atoms with Crippen molar-refractivity contribution in [3.63, 3.8) is 0 Å². The monoisotopic (exact) mass is 337 g/mol. The number of aromatic carboxylic acids is 1. The molecule has 0 aromatic heterocycles. The van der Waals surface area contributed by atoms with E-state index in [1.165, 1.54) is 0 Å². The molecule has 0 aliphatic carbocycles. The van der Waals surface area contributed by atoms with Crippen molar-refractivity contribution in [1.82, 2.24) is 0 Å². The van der Waals surface area contributed by atoms with E-state index in [1.807, 2.05) is 0 Å². The summed E-state index contributed by atoms with van der Waals surface area (Å²) in [6, 6.07) is 1.40. The minimum atomic E-state index is -5.81. The Labute approximate surface area is 118 Å². The minimum Gasteiger partial charge on any atom is -0.478 e. The molecule has 0 spiro atoms. The van der Waals surface area contributed by atoms with Gasteiger partial charge in [0.05, 0.1) is 5.02 Å². The Morgan fingerprint density at radius 3 is 2.05 bits per heavy atom. The molecule has 0 fully saturated rings. The summed E-state index contributed by atoms with van der Waals surface area (Å²) < 4.78 is 78.1. The predicted octanol–water partition coefficient (Wildman–Crippen LogP) is 3.49. The zero-order chi connectivity index (χ0) is 16.6. The molecule has 1 aromatic carbocycles. The Morgan fingerprint density at radius 2 is 1.67 bits per heavy atom. The van der Waals surface area contributed by atoms with Crippen molar-refractivity contribution in [2.45, 2.75) is 18.5 Å². The first-order chi connectivity index (χ1) is 9.34. The van der Waals surface area contributed by atoms with Gasteiger partial charge >= 0.3 is 18.3 Å². The van der Waals surface area contributed by atoms with Crippen molar-refractivity contribution >= 4 is 23.3 Å². The first-order valence-electron chi connectivity index (χ1n) is 4.96. The lowest BCUT2D eigenvalue weighted by molar-refractivity contribution is -0.299. The van der Waals surface area contributed by atoms with E-state index in [0.29, 0.717) is 6.07 Å². The topological polar surface area (TPSA) is 72.5 Å². The second-order valence-corrected chi connectivity index (χ2v) is 4.17. The number of halogens is 7. The average molecular weight is 338 g/mol. The minimum absolute atomic E-state index is 0.264. The fourth-order valence-electron chi connectivity index (χ4n) is 1.33. The molecule has 4 nitrogen and oxygen atoms in total. The standard InChI is InChI=1S/C10H6ClF6NO3/c11-5-2-3(18)1-4(7(19)20)6(5)21-8(9(12,13)14)10(15,16)17/h1-2,8H,18H2,(H,19,20). The van der Waals surface area contributed by atoms with Gasteiger partial charge in [-0.15, -0.1) is 0 Å². The first-order valence-corrected chi connectivity index (χ1v) is 5.34. The highest BCUT2D eigenvalue weighted by Gasteiger charge is 2.59. The fourth-order valence-corrected chi connectivity index (χ4v) is 1.60. The zero-order valence-electron chi connectivity index (χ0n) is 9.72. The van der Waals surface area contributed by atoms with E-state index in [9.17, 15) is 31.1 Å². The van der Waals surface area contributed by atoms with Crippen LogP contribution in [0.25, 0.3) is 0 Å². The molecule has 0 radical (unpaired) electrons. The molecule has 0 aliphatic heterocycles. The van der Waals surface area contributed by atoms with Crippen molar-refractivity contribution in [3.8, 4) is 5.75 Å². The maximum Gasteiger partial charge on any atom is 0.434 e. The Hall–Kier alpha value is -1.84. The van der Waals surface area contributed by atoms with E-state index in [-0.39, 0.29) is 5.69 Å². The van der Waals surface area contributed by atoms with Gasteiger partial charge in [0, 0.05) is 5.69 Å². The van der Waals surface area contributed by atoms with Crippen LogP contribution in [0.4, 0.5) is 32.0 Å². The predicted molar refractivity (Wildman–Crippen MR) is 59.3 cm³/mol. The van der Waals surface area contributed by atoms with E-state index in [1.54, 1.807) is 0 Å². The van der Waals surface area contributed by atoms with Gasteiger partial charge in [-0.1, -0.05) is 11.6 Å². The summed E-state index contributed by atoms with van der Waals surface area (Å²) in [7, 11) is 0. The molecule has 118 valence electrons. The largest absolute Gasteiger partial charge is 0.478 e. The molecule has 0 unspecified atom stereocenters. The van der Waals surface area contributed by atoms with Gasteiger partial charge in [-0.3, -0.25) is 0 Å². The highest BCUT2D eigenvalue weighted by Crippen LogP contribution is 2.40. The molecular weight excluding hydrogens is 332 g/mol. The lowest BCUT2D eigenvalue weighted by Gasteiger charge is -2.25. The van der Waals surface area contributed by atoms with Crippen LogP contribution in [-0.2, 0) is 0 Å². The molecule has 21 heavy (non-hydrogen) atoms. The summed E-state index contributed by atoms with van der Waals surface area (Å²) in [5.41, 5.74) is 3.94. The van der Waals surface area contributed by atoms with E-state index < -0.39 is 40.8 Å². The highest BCUT2D eigenvalue weighted by atomic mass is 35.5. The van der Waals surface area contributed by atoms with Crippen LogP contribution in [0, 0.1) is 0 Å². The number of carboxylic acid groups (broad SMARTS) is 1. The van der Waals surface area contributed by atoms with Crippen LogP contribution >= 0.6 is 11.6 Å². The van der Waals surface area contributed by atoms with Crippen LogP contribution in [0.15, 0.2) is 12.1 Å². The van der Waals surface area contributed by atoms with E-state index in [2.05, 4.69) is 4.74 Å². The van der Waals surface area contributed by atoms with Crippen molar-refractivity contribution in [1.29, 1.82) is 0 Å². The van der Waals surface area contributed by atoms with Crippen molar-refractivity contribution in [2.75, 3.05) is 5.73 Å². The van der Waals surface area contributed by atoms with E-state index in [0.717, 1.165) is 6.07 Å². The number of nitrogen functional groups attached to an aromatic ring is 1. The van der Waals surface area contributed by atoms with Gasteiger partial charge < -0.3 is 15.6 Å². The molecular formula is C10H6ClF6NO3. The molecule has 0 heterocycles. The number of carbonyl (C=O) groups is 1. The van der Waals surface area contributed by atoms with Crippen molar-refractivity contribution in [2.24, 2.45) is 0 Å². The van der Waals surface area contributed by atoms with Crippen LogP contribution < -0.4 is 10.5 Å². The molecule has 1 rings (SSSR count). The number of ether oxygens (including phenoxy) is 1. The number of nitrogens with two attached hydrogens (primary N) is 1. The Morgan fingerprint density at radius 1 is 1.19 bits per heavy atom. The van der Waals surface area contributed by atoms with Gasteiger partial charge in [-0.2, -0.15) is 26.3 Å². The Balaban J connectivity index is 3.37. The number of rotatable bonds is 3. The van der Waals surface area contributed by atoms with Crippen molar-refractivity contribution < 1.29 is 41.0 Å². The normalized spacial score (nSPS) is 12.6. The molecule has 0 atom stereocenters.